The van der Waals surface area contributed by atoms with Gasteiger partial charge in [-0.3, -0.25) is 9.59 Å². The van der Waals surface area contributed by atoms with Gasteiger partial charge in [0.2, 0.25) is 0 Å². The fourth-order valence-corrected chi connectivity index (χ4v) is 3.84. The summed E-state index contributed by atoms with van der Waals surface area (Å²) in [6, 6.07) is 8.64. The molecule has 1 aromatic carbocycles. The summed E-state index contributed by atoms with van der Waals surface area (Å²) >= 11 is 8.02. The second-order valence-electron chi connectivity index (χ2n) is 5.64. The van der Waals surface area contributed by atoms with Gasteiger partial charge in [-0.2, -0.15) is 0 Å². The van der Waals surface area contributed by atoms with E-state index in [4.69, 9.17) is 16.0 Å². The quantitative estimate of drug-likeness (QED) is 0.715. The lowest BCUT2D eigenvalue weighted by molar-refractivity contribution is 0.0667. The zero-order valence-corrected chi connectivity index (χ0v) is 15.7. The van der Waals surface area contributed by atoms with E-state index in [2.05, 4.69) is 27.9 Å². The number of halogens is 2. The molecule has 1 aliphatic rings. The van der Waals surface area contributed by atoms with E-state index < -0.39 is 0 Å². The van der Waals surface area contributed by atoms with E-state index in [0.29, 0.717) is 29.4 Å². The summed E-state index contributed by atoms with van der Waals surface area (Å²) in [6.45, 7) is 1.20. The van der Waals surface area contributed by atoms with Crippen LogP contribution in [0.25, 0.3) is 0 Å². The van der Waals surface area contributed by atoms with Gasteiger partial charge in [0.05, 0.1) is 11.8 Å². The van der Waals surface area contributed by atoms with Crippen molar-refractivity contribution < 1.29 is 14.0 Å². The largest absolute Gasteiger partial charge is 0.459 e. The molecule has 0 spiro atoms. The van der Waals surface area contributed by atoms with Crippen LogP contribution in [0.15, 0.2) is 41.0 Å². The second-order valence-corrected chi connectivity index (χ2v) is 7.24. The zero-order valence-electron chi connectivity index (χ0n) is 12.8. The molecule has 1 aliphatic heterocycles. The first-order valence-electron chi connectivity index (χ1n) is 7.63. The molecule has 1 fully saturated rings. The van der Waals surface area contributed by atoms with Gasteiger partial charge in [-0.15, -0.1) is 0 Å². The van der Waals surface area contributed by atoms with E-state index in [0.717, 1.165) is 16.4 Å². The van der Waals surface area contributed by atoms with Gasteiger partial charge < -0.3 is 14.6 Å². The Kier molecular flexibility index (Phi) is 5.45. The van der Waals surface area contributed by atoms with Gasteiger partial charge in [0.15, 0.2) is 5.76 Å². The number of furan rings is 1. The summed E-state index contributed by atoms with van der Waals surface area (Å²) < 4.78 is 5.97. The molecule has 1 N–H and O–H groups in total. The van der Waals surface area contributed by atoms with Crippen LogP contribution in [-0.2, 0) is 0 Å². The molecule has 2 aromatic rings. The molecule has 0 saturated carbocycles. The first-order chi connectivity index (χ1) is 11.5. The number of nitrogens with zero attached hydrogens (tertiary/aromatic N) is 1. The molecule has 0 radical (unpaired) electrons. The van der Waals surface area contributed by atoms with Crippen molar-refractivity contribution in [1.29, 1.82) is 0 Å². The molecule has 2 heterocycles. The Morgan fingerprint density at radius 2 is 2.00 bits per heavy atom. The fraction of sp³-hybridized carbons (Fsp3) is 0.294. The fourth-order valence-electron chi connectivity index (χ4n) is 2.72. The maximum Gasteiger partial charge on any atom is 0.289 e. The molecule has 7 heteroatoms. The average Bonchev–Trinajstić information content (AvgIpc) is 3.09. The van der Waals surface area contributed by atoms with Crippen LogP contribution in [0.5, 0.6) is 0 Å². The van der Waals surface area contributed by atoms with Crippen molar-refractivity contribution in [3.8, 4) is 0 Å². The first kappa shape index (κ1) is 17.3. The maximum atomic E-state index is 12.4. The number of piperidine rings is 1. The summed E-state index contributed by atoms with van der Waals surface area (Å²) in [5.74, 6) is 0.150. The Balaban J connectivity index is 1.55. The Hall–Kier alpha value is -1.54. The van der Waals surface area contributed by atoms with Gasteiger partial charge in [-0.1, -0.05) is 11.6 Å². The van der Waals surface area contributed by atoms with Crippen LogP contribution in [-0.4, -0.2) is 35.8 Å². The average molecular weight is 459 g/mol. The number of rotatable bonds is 3. The molecule has 24 heavy (non-hydrogen) atoms. The Bertz CT molecular complexity index is 740. The number of carbonyl (C=O) groups excluding carboxylic acids is 2. The molecule has 3 rings (SSSR count). The van der Waals surface area contributed by atoms with Crippen molar-refractivity contribution in [3.63, 3.8) is 0 Å². The number of amides is 2. The Morgan fingerprint density at radius 3 is 2.62 bits per heavy atom. The minimum absolute atomic E-state index is 0.0598. The third-order valence-electron chi connectivity index (χ3n) is 4.03. The summed E-state index contributed by atoms with van der Waals surface area (Å²) in [4.78, 5) is 26.4. The van der Waals surface area contributed by atoms with Crippen molar-refractivity contribution in [2.45, 2.75) is 18.9 Å². The SMILES string of the molecule is O=C(NC1CCN(C(=O)c2ccco2)CC1)c1ccc(Cl)cc1I. The Labute approximate surface area is 158 Å². The smallest absolute Gasteiger partial charge is 0.289 e. The van der Waals surface area contributed by atoms with Crippen LogP contribution in [0.1, 0.15) is 33.8 Å². The molecular weight excluding hydrogens is 443 g/mol. The lowest BCUT2D eigenvalue weighted by Crippen LogP contribution is -2.46. The lowest BCUT2D eigenvalue weighted by atomic mass is 10.0. The van der Waals surface area contributed by atoms with Crippen LogP contribution < -0.4 is 5.32 Å². The topological polar surface area (TPSA) is 62.6 Å². The molecular formula is C17H16ClIN2O3. The predicted octanol–water partition coefficient (Wildman–Crippen LogP) is 3.57. The molecule has 0 unspecified atom stereocenters. The number of carbonyl (C=O) groups is 2. The van der Waals surface area contributed by atoms with Crippen LogP contribution in [0.4, 0.5) is 0 Å². The highest BCUT2D eigenvalue weighted by molar-refractivity contribution is 14.1. The molecule has 1 aromatic heterocycles. The lowest BCUT2D eigenvalue weighted by Gasteiger charge is -2.32. The molecule has 5 nitrogen and oxygen atoms in total. The number of hydrogen-bond donors (Lipinski definition) is 1. The predicted molar refractivity (Wildman–Crippen MR) is 99.3 cm³/mol. The third-order valence-corrected chi connectivity index (χ3v) is 5.15. The molecule has 126 valence electrons. The van der Waals surface area contributed by atoms with Crippen LogP contribution in [0, 0.1) is 3.57 Å². The van der Waals surface area contributed by atoms with Crippen LogP contribution in [0.2, 0.25) is 5.02 Å². The highest BCUT2D eigenvalue weighted by Gasteiger charge is 2.26. The van der Waals surface area contributed by atoms with Gasteiger partial charge in [-0.25, -0.2) is 0 Å². The maximum absolute atomic E-state index is 12.4. The zero-order chi connectivity index (χ0) is 17.1. The van der Waals surface area contributed by atoms with Crippen molar-refractivity contribution in [1.82, 2.24) is 10.2 Å². The summed E-state index contributed by atoms with van der Waals surface area (Å²) in [5, 5.41) is 3.65. The van der Waals surface area contributed by atoms with Crippen molar-refractivity contribution in [2.75, 3.05) is 13.1 Å². The van der Waals surface area contributed by atoms with Crippen molar-refractivity contribution in [2.24, 2.45) is 0 Å². The summed E-state index contributed by atoms with van der Waals surface area (Å²) in [5.41, 5.74) is 0.620. The second kappa shape index (κ2) is 7.57. The minimum atomic E-state index is -0.105. The molecule has 0 aliphatic carbocycles. The van der Waals surface area contributed by atoms with E-state index in [1.165, 1.54) is 6.26 Å². The first-order valence-corrected chi connectivity index (χ1v) is 9.09. The third kappa shape index (κ3) is 3.92. The van der Waals surface area contributed by atoms with Crippen molar-refractivity contribution >= 4 is 46.0 Å². The normalized spacial score (nSPS) is 15.3. The number of hydrogen-bond acceptors (Lipinski definition) is 3. The van der Waals surface area contributed by atoms with Gasteiger partial charge in [0.1, 0.15) is 0 Å². The monoisotopic (exact) mass is 458 g/mol. The summed E-state index contributed by atoms with van der Waals surface area (Å²) in [6.07, 6.45) is 2.94. The summed E-state index contributed by atoms with van der Waals surface area (Å²) in [7, 11) is 0. The van der Waals surface area contributed by atoms with Gasteiger partial charge in [0.25, 0.3) is 11.8 Å². The van der Waals surface area contributed by atoms with E-state index in [1.807, 2.05) is 0 Å². The van der Waals surface area contributed by atoms with E-state index in [1.54, 1.807) is 35.2 Å². The molecule has 0 atom stereocenters. The molecule has 2 amide bonds. The van der Waals surface area contributed by atoms with E-state index in [9.17, 15) is 9.59 Å². The number of nitrogens with one attached hydrogen (secondary N) is 1. The van der Waals surface area contributed by atoms with Gasteiger partial charge in [-0.05, 0) is 65.8 Å². The van der Waals surface area contributed by atoms with Crippen LogP contribution >= 0.6 is 34.2 Å². The number of benzene rings is 1. The van der Waals surface area contributed by atoms with Crippen LogP contribution in [0.3, 0.4) is 0 Å². The van der Waals surface area contributed by atoms with E-state index in [-0.39, 0.29) is 17.9 Å². The Morgan fingerprint density at radius 1 is 1.25 bits per heavy atom. The molecule has 1 saturated heterocycles. The van der Waals surface area contributed by atoms with Gasteiger partial charge in [0, 0.05) is 27.7 Å². The molecule has 0 bridgehead atoms. The number of likely N-dealkylation sites (tertiary alicyclic amines) is 1. The van der Waals surface area contributed by atoms with E-state index >= 15 is 0 Å². The van der Waals surface area contributed by atoms with Gasteiger partial charge >= 0.3 is 0 Å². The highest BCUT2D eigenvalue weighted by Crippen LogP contribution is 2.19. The highest BCUT2D eigenvalue weighted by atomic mass is 127. The van der Waals surface area contributed by atoms with Crippen molar-refractivity contribution in [3.05, 3.63) is 56.5 Å². The standard InChI is InChI=1S/C17H16ClIN2O3/c18-11-3-4-13(14(19)10-11)16(22)20-12-5-7-21(8-6-12)17(23)15-2-1-9-24-15/h1-4,9-10,12H,5-8H2,(H,20,22). The minimum Gasteiger partial charge on any atom is -0.459 e.